The molecule has 0 amide bonds. The molecule has 1 aliphatic carbocycles. The number of aromatic nitrogens is 1. The summed E-state index contributed by atoms with van der Waals surface area (Å²) in [6.45, 7) is 0. The van der Waals surface area contributed by atoms with E-state index in [2.05, 4.69) is 10.6 Å². The fraction of sp³-hybridized carbons (Fsp3) is 0.500. The van der Waals surface area contributed by atoms with Gasteiger partial charge in [0.05, 0.1) is 16.7 Å². The van der Waals surface area contributed by atoms with Crippen LogP contribution in [0.4, 0.5) is 0 Å². The molecule has 0 radical (unpaired) electrons. The van der Waals surface area contributed by atoms with Crippen LogP contribution in [0.1, 0.15) is 34.5 Å². The minimum Gasteiger partial charge on any atom is -0.377 e. The molecule has 1 aromatic rings. The van der Waals surface area contributed by atoms with E-state index in [0.29, 0.717) is 5.76 Å². The van der Waals surface area contributed by atoms with Crippen LogP contribution in [0.15, 0.2) is 6.26 Å². The molecule has 1 aliphatic heterocycles. The van der Waals surface area contributed by atoms with E-state index in [9.17, 15) is 0 Å². The molecule has 1 aromatic heterocycles. The van der Waals surface area contributed by atoms with E-state index in [1.165, 1.54) is 11.1 Å². The predicted octanol–water partition coefficient (Wildman–Crippen LogP) is 1.93. The number of methoxy groups -OCH3 is 1. The molecular formula is C10H12N2O3S. The number of hydrogen-bond acceptors (Lipinski definition) is 6. The van der Waals surface area contributed by atoms with E-state index in [0.717, 1.165) is 30.0 Å². The lowest BCUT2D eigenvalue weighted by Crippen LogP contribution is -2.08. The minimum atomic E-state index is 0.186. The monoisotopic (exact) mass is 240 g/mol. The lowest BCUT2D eigenvalue weighted by molar-refractivity contribution is -0.0410. The van der Waals surface area contributed by atoms with Crippen LogP contribution in [-0.2, 0) is 20.8 Å². The average molecular weight is 240 g/mol. The highest BCUT2D eigenvalue weighted by Crippen LogP contribution is 2.38. The smallest absolute Gasteiger partial charge is 0.224 e. The normalized spacial score (nSPS) is 23.3. The maximum Gasteiger partial charge on any atom is 0.224 e. The number of fused-ring (bicyclic) bond motifs is 1. The van der Waals surface area contributed by atoms with Gasteiger partial charge in [-0.15, -0.1) is 11.3 Å². The summed E-state index contributed by atoms with van der Waals surface area (Å²) < 4.78 is 5.46. The third-order valence-corrected chi connectivity index (χ3v) is 3.97. The molecule has 86 valence electrons. The highest BCUT2D eigenvalue weighted by atomic mass is 32.1. The Labute approximate surface area is 96.9 Å². The molecule has 1 atom stereocenters. The number of aryl methyl sites for hydroxylation is 1. The van der Waals surface area contributed by atoms with Crippen LogP contribution in [0, 0.1) is 0 Å². The van der Waals surface area contributed by atoms with E-state index in [1.807, 2.05) is 0 Å². The maximum absolute atomic E-state index is 5.46. The summed E-state index contributed by atoms with van der Waals surface area (Å²) in [5, 5.41) is 0.846. The van der Waals surface area contributed by atoms with Gasteiger partial charge >= 0.3 is 0 Å². The van der Waals surface area contributed by atoms with Crippen molar-refractivity contribution in [2.75, 3.05) is 7.11 Å². The zero-order chi connectivity index (χ0) is 11.0. The molecule has 1 N–H and O–H groups in total. The Morgan fingerprint density at radius 2 is 2.56 bits per heavy atom. The lowest BCUT2D eigenvalue weighted by atomic mass is 10.0. The molecule has 0 fully saturated rings. The van der Waals surface area contributed by atoms with Crippen LogP contribution in [0.3, 0.4) is 0 Å². The van der Waals surface area contributed by atoms with Crippen molar-refractivity contribution in [3.8, 4) is 0 Å². The van der Waals surface area contributed by atoms with Crippen molar-refractivity contribution < 1.29 is 14.4 Å². The van der Waals surface area contributed by atoms with Crippen molar-refractivity contribution in [1.82, 2.24) is 10.6 Å². The van der Waals surface area contributed by atoms with Crippen LogP contribution >= 0.6 is 11.3 Å². The summed E-state index contributed by atoms with van der Waals surface area (Å²) >= 11 is 1.62. The third kappa shape index (κ3) is 1.59. The highest BCUT2D eigenvalue weighted by molar-refractivity contribution is 7.12. The molecule has 6 heteroatoms. The van der Waals surface area contributed by atoms with Crippen molar-refractivity contribution in [2.45, 2.75) is 25.4 Å². The van der Waals surface area contributed by atoms with Gasteiger partial charge < -0.3 is 14.4 Å². The fourth-order valence-corrected chi connectivity index (χ4v) is 3.14. The number of thiazole rings is 1. The molecular weight excluding hydrogens is 228 g/mol. The zero-order valence-corrected chi connectivity index (χ0v) is 9.67. The molecule has 0 saturated heterocycles. The topological polar surface area (TPSA) is 52.6 Å². The first-order valence-corrected chi connectivity index (χ1v) is 6.00. The average Bonchev–Trinajstić information content (AvgIpc) is 2.96. The van der Waals surface area contributed by atoms with Crippen LogP contribution in [-0.4, -0.2) is 12.1 Å². The number of ether oxygens (including phenoxy) is 1. The molecule has 3 rings (SSSR count). The minimum absolute atomic E-state index is 0.186. The van der Waals surface area contributed by atoms with E-state index < -0.39 is 0 Å². The van der Waals surface area contributed by atoms with Crippen LogP contribution in [0.5, 0.6) is 0 Å². The van der Waals surface area contributed by atoms with Crippen molar-refractivity contribution in [2.24, 2.45) is 0 Å². The Hall–Kier alpha value is -1.11. The van der Waals surface area contributed by atoms with Gasteiger partial charge in [-0.2, -0.15) is 0 Å². The van der Waals surface area contributed by atoms with Gasteiger partial charge in [-0.3, -0.25) is 0 Å². The number of nitrogens with one attached hydrogen (secondary N) is 1. The van der Waals surface area contributed by atoms with Crippen LogP contribution in [0.25, 0.3) is 5.76 Å². The molecule has 0 bridgehead atoms. The number of nitrogens with zero attached hydrogens (tertiary/aromatic N) is 1. The Bertz CT molecular complexity index is 430. The van der Waals surface area contributed by atoms with Gasteiger partial charge in [0, 0.05) is 12.8 Å². The molecule has 1 unspecified atom stereocenters. The Balaban J connectivity index is 1.95. The fourth-order valence-electron chi connectivity index (χ4n) is 1.98. The van der Waals surface area contributed by atoms with E-state index in [1.54, 1.807) is 18.4 Å². The van der Waals surface area contributed by atoms with E-state index >= 15 is 0 Å². The van der Waals surface area contributed by atoms with Gasteiger partial charge in [0.1, 0.15) is 0 Å². The van der Waals surface area contributed by atoms with Gasteiger partial charge in [0.25, 0.3) is 0 Å². The highest BCUT2D eigenvalue weighted by Gasteiger charge is 2.26. The maximum atomic E-state index is 5.46. The van der Waals surface area contributed by atoms with Gasteiger partial charge in [-0.05, 0) is 19.3 Å². The SMILES string of the molecule is COC1CCCc2nc(C3=CONO3)sc21. The summed E-state index contributed by atoms with van der Waals surface area (Å²) in [5.74, 6) is 0.634. The number of rotatable bonds is 2. The van der Waals surface area contributed by atoms with Gasteiger partial charge in [0.2, 0.25) is 5.76 Å². The second-order valence-electron chi connectivity index (χ2n) is 3.73. The first-order valence-electron chi connectivity index (χ1n) is 5.19. The third-order valence-electron chi connectivity index (χ3n) is 2.76. The summed E-state index contributed by atoms with van der Waals surface area (Å²) in [7, 11) is 1.75. The molecule has 0 aromatic carbocycles. The van der Waals surface area contributed by atoms with Crippen molar-refractivity contribution in [3.05, 3.63) is 21.8 Å². The van der Waals surface area contributed by atoms with Crippen molar-refractivity contribution in [1.29, 1.82) is 0 Å². The Morgan fingerprint density at radius 3 is 3.31 bits per heavy atom. The Kier molecular flexibility index (Phi) is 2.55. The van der Waals surface area contributed by atoms with Gasteiger partial charge in [-0.25, -0.2) is 4.98 Å². The van der Waals surface area contributed by atoms with Crippen LogP contribution < -0.4 is 5.64 Å². The van der Waals surface area contributed by atoms with E-state index in [4.69, 9.17) is 14.4 Å². The summed E-state index contributed by atoms with van der Waals surface area (Å²) in [5.41, 5.74) is 3.45. The van der Waals surface area contributed by atoms with Crippen molar-refractivity contribution in [3.63, 3.8) is 0 Å². The lowest BCUT2D eigenvalue weighted by Gasteiger charge is -2.19. The zero-order valence-electron chi connectivity index (χ0n) is 8.86. The van der Waals surface area contributed by atoms with Gasteiger partial charge in [0.15, 0.2) is 11.3 Å². The Morgan fingerprint density at radius 1 is 1.62 bits per heavy atom. The standard InChI is InChI=1S/C10H12N2O3S/c1-13-7-4-2-3-6-9(7)16-10(11-6)8-5-14-12-15-8/h5,7,12H,2-4H2,1H3. The molecule has 0 spiro atoms. The van der Waals surface area contributed by atoms with Gasteiger partial charge in [-0.1, -0.05) is 0 Å². The summed E-state index contributed by atoms with van der Waals surface area (Å²) in [6.07, 6.45) is 4.92. The molecule has 5 nitrogen and oxygen atoms in total. The summed E-state index contributed by atoms with van der Waals surface area (Å²) in [6, 6.07) is 0. The summed E-state index contributed by atoms with van der Waals surface area (Å²) in [4.78, 5) is 15.7. The first kappa shape index (κ1) is 10.1. The predicted molar refractivity (Wildman–Crippen MR) is 58.1 cm³/mol. The second kappa shape index (κ2) is 4.04. The largest absolute Gasteiger partial charge is 0.377 e. The van der Waals surface area contributed by atoms with Crippen LogP contribution in [0.2, 0.25) is 0 Å². The molecule has 2 heterocycles. The van der Waals surface area contributed by atoms with E-state index in [-0.39, 0.29) is 6.10 Å². The second-order valence-corrected chi connectivity index (χ2v) is 4.76. The molecule has 0 saturated carbocycles. The molecule has 2 aliphatic rings. The molecule has 16 heavy (non-hydrogen) atoms. The first-order chi connectivity index (χ1) is 7.88. The van der Waals surface area contributed by atoms with Crippen molar-refractivity contribution >= 4 is 17.1 Å². The number of hydrogen-bond donors (Lipinski definition) is 1. The quantitative estimate of drug-likeness (QED) is 0.856.